The van der Waals surface area contributed by atoms with Crippen molar-refractivity contribution < 1.29 is 9.53 Å². The predicted molar refractivity (Wildman–Crippen MR) is 76.7 cm³/mol. The lowest BCUT2D eigenvalue weighted by Gasteiger charge is -2.08. The van der Waals surface area contributed by atoms with Gasteiger partial charge >= 0.3 is 0 Å². The number of carbonyl (C=O) groups is 1. The standard InChI is InChI=1S/C13H17ClN4O2/c1-9-3-5-16-13-12(9)17-11(2-4-14)18(13)6-7-20-8-10(15)19/h3,5H,2,4,6-8H2,1H3,(H2,15,19). The molecule has 20 heavy (non-hydrogen) atoms. The Hall–Kier alpha value is -1.66. The molecule has 2 aromatic rings. The van der Waals surface area contributed by atoms with Gasteiger partial charge in [0.1, 0.15) is 17.9 Å². The summed E-state index contributed by atoms with van der Waals surface area (Å²) in [6, 6.07) is 1.92. The number of halogens is 1. The molecule has 6 nitrogen and oxygen atoms in total. The zero-order valence-corrected chi connectivity index (χ0v) is 12.1. The van der Waals surface area contributed by atoms with Crippen LogP contribution in [0.5, 0.6) is 0 Å². The van der Waals surface area contributed by atoms with E-state index in [0.29, 0.717) is 25.5 Å². The summed E-state index contributed by atoms with van der Waals surface area (Å²) in [5.41, 5.74) is 7.79. The molecule has 0 aliphatic heterocycles. The maximum absolute atomic E-state index is 10.6. The molecule has 0 bridgehead atoms. The van der Waals surface area contributed by atoms with Gasteiger partial charge in [-0.1, -0.05) is 0 Å². The van der Waals surface area contributed by atoms with E-state index in [-0.39, 0.29) is 6.61 Å². The number of nitrogens with zero attached hydrogens (tertiary/aromatic N) is 3. The molecule has 7 heteroatoms. The molecular weight excluding hydrogens is 280 g/mol. The minimum atomic E-state index is -0.476. The number of amides is 1. The Bertz CT molecular complexity index is 612. The molecule has 0 unspecified atom stereocenters. The van der Waals surface area contributed by atoms with Gasteiger partial charge in [-0.15, -0.1) is 11.6 Å². The minimum absolute atomic E-state index is 0.0794. The highest BCUT2D eigenvalue weighted by Crippen LogP contribution is 2.18. The highest BCUT2D eigenvalue weighted by molar-refractivity contribution is 6.17. The lowest BCUT2D eigenvalue weighted by atomic mass is 10.3. The SMILES string of the molecule is Cc1ccnc2c1nc(CCCl)n2CCOCC(N)=O. The molecule has 0 aliphatic carbocycles. The Morgan fingerprint density at radius 1 is 1.55 bits per heavy atom. The van der Waals surface area contributed by atoms with E-state index in [1.807, 2.05) is 17.6 Å². The van der Waals surface area contributed by atoms with E-state index < -0.39 is 5.91 Å². The first-order valence-electron chi connectivity index (χ1n) is 6.36. The highest BCUT2D eigenvalue weighted by Gasteiger charge is 2.12. The maximum Gasteiger partial charge on any atom is 0.243 e. The Labute approximate surface area is 121 Å². The van der Waals surface area contributed by atoms with Crippen molar-refractivity contribution in [3.05, 3.63) is 23.7 Å². The summed E-state index contributed by atoms with van der Waals surface area (Å²) >= 11 is 5.81. The average Bonchev–Trinajstić information content (AvgIpc) is 2.75. The summed E-state index contributed by atoms with van der Waals surface area (Å²) in [6.45, 7) is 2.85. The van der Waals surface area contributed by atoms with Crippen molar-refractivity contribution in [3.63, 3.8) is 0 Å². The number of carbonyl (C=O) groups excluding carboxylic acids is 1. The number of alkyl halides is 1. The first kappa shape index (κ1) is 14.7. The summed E-state index contributed by atoms with van der Waals surface area (Å²) in [4.78, 5) is 19.6. The number of aryl methyl sites for hydroxylation is 2. The van der Waals surface area contributed by atoms with E-state index in [2.05, 4.69) is 9.97 Å². The van der Waals surface area contributed by atoms with E-state index in [1.54, 1.807) is 6.20 Å². The first-order valence-corrected chi connectivity index (χ1v) is 6.89. The van der Waals surface area contributed by atoms with Crippen LogP contribution in [0.25, 0.3) is 11.2 Å². The second-order valence-electron chi connectivity index (χ2n) is 4.44. The van der Waals surface area contributed by atoms with Gasteiger partial charge in [-0.2, -0.15) is 0 Å². The van der Waals surface area contributed by atoms with Crippen LogP contribution in [-0.2, 0) is 22.5 Å². The van der Waals surface area contributed by atoms with Crippen LogP contribution >= 0.6 is 11.6 Å². The van der Waals surface area contributed by atoms with E-state index in [9.17, 15) is 4.79 Å². The molecular formula is C13H17ClN4O2. The number of pyridine rings is 1. The molecule has 108 valence electrons. The fourth-order valence-electron chi connectivity index (χ4n) is 2.02. The van der Waals surface area contributed by atoms with Crippen LogP contribution in [0.2, 0.25) is 0 Å². The summed E-state index contributed by atoms with van der Waals surface area (Å²) in [7, 11) is 0. The number of imidazole rings is 1. The van der Waals surface area contributed by atoms with Crippen molar-refractivity contribution in [2.24, 2.45) is 5.73 Å². The lowest BCUT2D eigenvalue weighted by Crippen LogP contribution is -2.20. The maximum atomic E-state index is 10.6. The molecule has 2 N–H and O–H groups in total. The summed E-state index contributed by atoms with van der Waals surface area (Å²) in [5.74, 6) is 0.889. The predicted octanol–water partition coefficient (Wildman–Crippen LogP) is 1.02. The third-order valence-corrected chi connectivity index (χ3v) is 3.13. The number of rotatable bonds is 7. The zero-order chi connectivity index (χ0) is 14.5. The van der Waals surface area contributed by atoms with Crippen molar-refractivity contribution in [1.82, 2.24) is 14.5 Å². The lowest BCUT2D eigenvalue weighted by molar-refractivity contribution is -0.122. The number of nitrogens with two attached hydrogens (primary N) is 1. The second-order valence-corrected chi connectivity index (χ2v) is 4.82. The van der Waals surface area contributed by atoms with Crippen molar-refractivity contribution in [1.29, 1.82) is 0 Å². The largest absolute Gasteiger partial charge is 0.370 e. The normalized spacial score (nSPS) is 11.1. The zero-order valence-electron chi connectivity index (χ0n) is 11.3. The van der Waals surface area contributed by atoms with Gasteiger partial charge in [0.25, 0.3) is 0 Å². The summed E-state index contributed by atoms with van der Waals surface area (Å²) in [6.07, 6.45) is 2.41. The number of primary amides is 1. The average molecular weight is 297 g/mol. The van der Waals surface area contributed by atoms with Crippen LogP contribution in [0.3, 0.4) is 0 Å². The van der Waals surface area contributed by atoms with Crippen LogP contribution in [0.15, 0.2) is 12.3 Å². The van der Waals surface area contributed by atoms with Crippen molar-refractivity contribution >= 4 is 28.7 Å². The number of fused-ring (bicyclic) bond motifs is 1. The fraction of sp³-hybridized carbons (Fsp3) is 0.462. The Kier molecular flexibility index (Phi) is 4.92. The van der Waals surface area contributed by atoms with Gasteiger partial charge in [0.2, 0.25) is 5.91 Å². The molecule has 0 fully saturated rings. The van der Waals surface area contributed by atoms with Crippen LogP contribution in [-0.4, -0.2) is 39.5 Å². The van der Waals surface area contributed by atoms with E-state index >= 15 is 0 Å². The Morgan fingerprint density at radius 3 is 3.05 bits per heavy atom. The van der Waals surface area contributed by atoms with Gasteiger partial charge in [0, 0.05) is 25.0 Å². The molecule has 0 atom stereocenters. The van der Waals surface area contributed by atoms with Gasteiger partial charge < -0.3 is 15.0 Å². The van der Waals surface area contributed by atoms with Crippen LogP contribution in [0.1, 0.15) is 11.4 Å². The van der Waals surface area contributed by atoms with Crippen molar-refractivity contribution in [3.8, 4) is 0 Å². The molecule has 2 aromatic heterocycles. The second kappa shape index (κ2) is 6.67. The van der Waals surface area contributed by atoms with E-state index in [4.69, 9.17) is 22.1 Å². The van der Waals surface area contributed by atoms with Crippen molar-refractivity contribution in [2.75, 3.05) is 19.1 Å². The summed E-state index contributed by atoms with van der Waals surface area (Å²) in [5, 5.41) is 0. The smallest absolute Gasteiger partial charge is 0.243 e. The number of ether oxygens (including phenoxy) is 1. The topological polar surface area (TPSA) is 83.0 Å². The van der Waals surface area contributed by atoms with E-state index in [0.717, 1.165) is 22.6 Å². The molecule has 0 saturated carbocycles. The first-order chi connectivity index (χ1) is 9.63. The molecule has 0 spiro atoms. The molecule has 2 rings (SSSR count). The minimum Gasteiger partial charge on any atom is -0.370 e. The third kappa shape index (κ3) is 3.26. The number of hydrogen-bond donors (Lipinski definition) is 1. The quantitative estimate of drug-likeness (QED) is 0.611. The fourth-order valence-corrected chi connectivity index (χ4v) is 2.19. The van der Waals surface area contributed by atoms with Crippen molar-refractivity contribution in [2.45, 2.75) is 19.9 Å². The Morgan fingerprint density at radius 2 is 2.35 bits per heavy atom. The van der Waals surface area contributed by atoms with E-state index in [1.165, 1.54) is 0 Å². The highest BCUT2D eigenvalue weighted by atomic mass is 35.5. The molecule has 0 aliphatic rings. The number of hydrogen-bond acceptors (Lipinski definition) is 4. The van der Waals surface area contributed by atoms with Gasteiger partial charge in [-0.3, -0.25) is 4.79 Å². The monoisotopic (exact) mass is 296 g/mol. The van der Waals surface area contributed by atoms with Crippen LogP contribution < -0.4 is 5.73 Å². The molecule has 0 saturated heterocycles. The van der Waals surface area contributed by atoms with Gasteiger partial charge in [-0.25, -0.2) is 9.97 Å². The molecule has 0 radical (unpaired) electrons. The molecule has 0 aromatic carbocycles. The van der Waals surface area contributed by atoms with Crippen LogP contribution in [0.4, 0.5) is 0 Å². The van der Waals surface area contributed by atoms with Gasteiger partial charge in [0.05, 0.1) is 6.61 Å². The van der Waals surface area contributed by atoms with Crippen LogP contribution in [0, 0.1) is 6.92 Å². The van der Waals surface area contributed by atoms with Gasteiger partial charge in [0.15, 0.2) is 5.65 Å². The third-order valence-electron chi connectivity index (χ3n) is 2.94. The number of aromatic nitrogens is 3. The molecule has 2 heterocycles. The Balaban J connectivity index is 2.22. The molecule has 1 amide bonds. The van der Waals surface area contributed by atoms with Gasteiger partial charge in [-0.05, 0) is 18.6 Å². The summed E-state index contributed by atoms with van der Waals surface area (Å²) < 4.78 is 7.17.